The Hall–Kier alpha value is -2.63. The van der Waals surface area contributed by atoms with Gasteiger partial charge in [-0.05, 0) is 48.0 Å². The SMILES string of the molecule is O=C1C(=Cc2ccc(Br)cc2)Oc2cc(OCc3c(F)cccc3Cl)ccc21. The first kappa shape index (κ1) is 18.7. The number of rotatable bonds is 4. The summed E-state index contributed by atoms with van der Waals surface area (Å²) < 4.78 is 26.2. The van der Waals surface area contributed by atoms with Gasteiger partial charge in [-0.25, -0.2) is 4.39 Å². The van der Waals surface area contributed by atoms with Crippen LogP contribution in [0.4, 0.5) is 4.39 Å². The van der Waals surface area contributed by atoms with Crippen molar-refractivity contribution in [3.05, 3.63) is 98.4 Å². The van der Waals surface area contributed by atoms with Crippen LogP contribution >= 0.6 is 27.5 Å². The van der Waals surface area contributed by atoms with Crippen LogP contribution in [0, 0.1) is 5.82 Å². The van der Waals surface area contributed by atoms with E-state index in [-0.39, 0.29) is 23.7 Å². The molecule has 28 heavy (non-hydrogen) atoms. The summed E-state index contributed by atoms with van der Waals surface area (Å²) in [7, 11) is 0. The second kappa shape index (κ2) is 7.78. The molecule has 0 atom stereocenters. The molecule has 0 bridgehead atoms. The van der Waals surface area contributed by atoms with Crippen molar-refractivity contribution in [1.82, 2.24) is 0 Å². The molecular formula is C22H13BrClFO3. The molecule has 0 aliphatic carbocycles. The maximum absolute atomic E-state index is 13.9. The van der Waals surface area contributed by atoms with Gasteiger partial charge < -0.3 is 9.47 Å². The lowest BCUT2D eigenvalue weighted by Crippen LogP contribution is -1.99. The van der Waals surface area contributed by atoms with Crippen molar-refractivity contribution in [2.75, 3.05) is 0 Å². The van der Waals surface area contributed by atoms with Crippen molar-refractivity contribution in [2.24, 2.45) is 0 Å². The normalized spacial score (nSPS) is 14.1. The van der Waals surface area contributed by atoms with Crippen LogP contribution in [0.2, 0.25) is 5.02 Å². The average molecular weight is 460 g/mol. The standard InChI is InChI=1S/C22H13BrClFO3/c23-14-6-4-13(5-7-14)10-21-22(26)16-9-8-15(11-20(16)28-21)27-12-17-18(24)2-1-3-19(17)25/h1-11H,12H2. The minimum Gasteiger partial charge on any atom is -0.489 e. The van der Waals surface area contributed by atoms with Crippen LogP contribution in [-0.4, -0.2) is 5.78 Å². The highest BCUT2D eigenvalue weighted by Crippen LogP contribution is 2.35. The zero-order chi connectivity index (χ0) is 19.7. The lowest BCUT2D eigenvalue weighted by molar-refractivity contribution is 0.101. The number of hydrogen-bond donors (Lipinski definition) is 0. The summed E-state index contributed by atoms with van der Waals surface area (Å²) >= 11 is 9.39. The fourth-order valence-electron chi connectivity index (χ4n) is 2.79. The largest absolute Gasteiger partial charge is 0.489 e. The molecule has 0 fully saturated rings. The van der Waals surface area contributed by atoms with E-state index in [2.05, 4.69) is 15.9 Å². The van der Waals surface area contributed by atoms with Gasteiger partial charge >= 0.3 is 0 Å². The number of ketones is 1. The highest BCUT2D eigenvalue weighted by Gasteiger charge is 2.27. The molecule has 3 aromatic rings. The number of carbonyl (C=O) groups excluding carboxylic acids is 1. The molecule has 0 saturated carbocycles. The lowest BCUT2D eigenvalue weighted by atomic mass is 10.1. The number of hydrogen-bond acceptors (Lipinski definition) is 3. The Morgan fingerprint density at radius 1 is 1.11 bits per heavy atom. The summed E-state index contributed by atoms with van der Waals surface area (Å²) in [6, 6.07) is 16.9. The summed E-state index contributed by atoms with van der Waals surface area (Å²) in [4.78, 5) is 12.5. The number of allylic oxidation sites excluding steroid dienone is 1. The molecule has 0 amide bonds. The van der Waals surface area contributed by atoms with Crippen LogP contribution in [0.15, 0.2) is 70.9 Å². The Morgan fingerprint density at radius 2 is 1.89 bits per heavy atom. The molecule has 6 heteroatoms. The van der Waals surface area contributed by atoms with E-state index >= 15 is 0 Å². The third-order valence-corrected chi connectivity index (χ3v) is 5.14. The summed E-state index contributed by atoms with van der Waals surface area (Å²) in [6.45, 7) is -0.0279. The van der Waals surface area contributed by atoms with Gasteiger partial charge in [0.25, 0.3) is 0 Å². The first-order valence-electron chi connectivity index (χ1n) is 8.41. The molecule has 0 unspecified atom stereocenters. The fourth-order valence-corrected chi connectivity index (χ4v) is 3.28. The van der Waals surface area contributed by atoms with E-state index in [1.807, 2.05) is 24.3 Å². The minimum atomic E-state index is -0.431. The number of halogens is 3. The lowest BCUT2D eigenvalue weighted by Gasteiger charge is -2.09. The first-order chi connectivity index (χ1) is 13.5. The van der Waals surface area contributed by atoms with E-state index in [1.165, 1.54) is 12.1 Å². The maximum Gasteiger partial charge on any atom is 0.231 e. The number of ether oxygens (including phenoxy) is 2. The van der Waals surface area contributed by atoms with Crippen molar-refractivity contribution in [3.63, 3.8) is 0 Å². The third-order valence-electron chi connectivity index (χ3n) is 4.25. The molecular weight excluding hydrogens is 447 g/mol. The molecule has 0 N–H and O–H groups in total. The van der Waals surface area contributed by atoms with E-state index in [4.69, 9.17) is 21.1 Å². The Morgan fingerprint density at radius 3 is 2.64 bits per heavy atom. The Labute approximate surface area is 174 Å². The van der Waals surface area contributed by atoms with Gasteiger partial charge in [0.05, 0.1) is 10.6 Å². The van der Waals surface area contributed by atoms with E-state index in [1.54, 1.807) is 30.3 Å². The first-order valence-corrected chi connectivity index (χ1v) is 9.58. The molecule has 0 radical (unpaired) electrons. The van der Waals surface area contributed by atoms with E-state index in [0.717, 1.165) is 10.0 Å². The molecule has 140 valence electrons. The van der Waals surface area contributed by atoms with Gasteiger partial charge in [-0.1, -0.05) is 45.7 Å². The molecule has 0 aromatic heterocycles. The Bertz CT molecular complexity index is 1070. The second-order valence-corrected chi connectivity index (χ2v) is 7.46. The van der Waals surface area contributed by atoms with E-state index in [9.17, 15) is 9.18 Å². The predicted octanol–water partition coefficient (Wildman–Crippen LogP) is 6.44. The topological polar surface area (TPSA) is 35.5 Å². The maximum atomic E-state index is 13.9. The smallest absolute Gasteiger partial charge is 0.231 e. The molecule has 4 rings (SSSR count). The van der Waals surface area contributed by atoms with Crippen LogP contribution in [0.5, 0.6) is 11.5 Å². The number of carbonyl (C=O) groups is 1. The van der Waals surface area contributed by atoms with Crippen LogP contribution in [0.25, 0.3) is 6.08 Å². The monoisotopic (exact) mass is 458 g/mol. The summed E-state index contributed by atoms with van der Waals surface area (Å²) in [6.07, 6.45) is 1.69. The van der Waals surface area contributed by atoms with E-state index < -0.39 is 5.82 Å². The van der Waals surface area contributed by atoms with Gasteiger partial charge in [0.15, 0.2) is 5.76 Å². The number of fused-ring (bicyclic) bond motifs is 1. The highest BCUT2D eigenvalue weighted by atomic mass is 79.9. The van der Waals surface area contributed by atoms with Crippen LogP contribution in [0.1, 0.15) is 21.5 Å². The van der Waals surface area contributed by atoms with Crippen molar-refractivity contribution in [1.29, 1.82) is 0 Å². The molecule has 1 aliphatic rings. The molecule has 1 aliphatic heterocycles. The van der Waals surface area contributed by atoms with Crippen molar-refractivity contribution >= 4 is 39.4 Å². The van der Waals surface area contributed by atoms with Gasteiger partial charge in [-0.3, -0.25) is 4.79 Å². The van der Waals surface area contributed by atoms with E-state index in [0.29, 0.717) is 22.1 Å². The van der Waals surface area contributed by atoms with Gasteiger partial charge in [0, 0.05) is 16.1 Å². The van der Waals surface area contributed by atoms with Crippen LogP contribution < -0.4 is 9.47 Å². The predicted molar refractivity (Wildman–Crippen MR) is 109 cm³/mol. The van der Waals surface area contributed by atoms with Crippen LogP contribution in [-0.2, 0) is 6.61 Å². The quantitative estimate of drug-likeness (QED) is 0.421. The third kappa shape index (κ3) is 3.81. The van der Waals surface area contributed by atoms with Gasteiger partial charge in [0.1, 0.15) is 23.9 Å². The summed E-state index contributed by atoms with van der Waals surface area (Å²) in [5, 5.41) is 0.298. The molecule has 0 saturated heterocycles. The van der Waals surface area contributed by atoms with Crippen LogP contribution in [0.3, 0.4) is 0 Å². The summed E-state index contributed by atoms with van der Waals surface area (Å²) in [5.41, 5.74) is 1.59. The molecule has 3 aromatic carbocycles. The van der Waals surface area contributed by atoms with Gasteiger partial charge in [0.2, 0.25) is 5.78 Å². The molecule has 3 nitrogen and oxygen atoms in total. The Balaban J connectivity index is 1.53. The Kier molecular flexibility index (Phi) is 5.20. The number of Topliss-reactive ketones (excluding diaryl/α,β-unsaturated/α-hetero) is 1. The van der Waals surface area contributed by atoms with Crippen molar-refractivity contribution < 1.29 is 18.7 Å². The zero-order valence-corrected chi connectivity index (χ0v) is 16.8. The van der Waals surface area contributed by atoms with Gasteiger partial charge in [-0.15, -0.1) is 0 Å². The molecule has 0 spiro atoms. The zero-order valence-electron chi connectivity index (χ0n) is 14.4. The highest BCUT2D eigenvalue weighted by molar-refractivity contribution is 9.10. The van der Waals surface area contributed by atoms with Crippen molar-refractivity contribution in [3.8, 4) is 11.5 Å². The second-order valence-electron chi connectivity index (χ2n) is 6.14. The fraction of sp³-hybridized carbons (Fsp3) is 0.0455. The van der Waals surface area contributed by atoms with Gasteiger partial charge in [-0.2, -0.15) is 0 Å². The minimum absolute atomic E-state index is 0.0279. The molecule has 1 heterocycles. The average Bonchev–Trinajstić information content (AvgIpc) is 2.98. The number of benzene rings is 3. The van der Waals surface area contributed by atoms with Crippen molar-refractivity contribution in [2.45, 2.75) is 6.61 Å². The summed E-state index contributed by atoms with van der Waals surface area (Å²) in [5.74, 6) is 0.481.